The molecule has 0 saturated heterocycles. The molecule has 2 N–H and O–H groups in total. The molecule has 0 bridgehead atoms. The van der Waals surface area contributed by atoms with E-state index in [2.05, 4.69) is 10.6 Å². The fourth-order valence-corrected chi connectivity index (χ4v) is 1.53. The number of rotatable bonds is 7. The summed E-state index contributed by atoms with van der Waals surface area (Å²) < 4.78 is 0. The van der Waals surface area contributed by atoms with Crippen molar-refractivity contribution in [1.82, 2.24) is 10.6 Å². The molecule has 1 rings (SSSR count). The second kappa shape index (κ2) is 8.70. The maximum absolute atomic E-state index is 11.7. The minimum absolute atomic E-state index is 0.0452. The van der Waals surface area contributed by atoms with Crippen molar-refractivity contribution in [2.75, 3.05) is 13.1 Å². The Kier molecular flexibility index (Phi) is 6.73. The van der Waals surface area contributed by atoms with Crippen LogP contribution in [0.1, 0.15) is 29.6 Å². The van der Waals surface area contributed by atoms with Crippen molar-refractivity contribution in [3.63, 3.8) is 0 Å². The summed E-state index contributed by atoms with van der Waals surface area (Å²) in [5, 5.41) is 13.5. The van der Waals surface area contributed by atoms with Gasteiger partial charge in [0.25, 0.3) is 5.91 Å². The highest BCUT2D eigenvalue weighted by Crippen LogP contribution is 1.99. The Morgan fingerprint density at radius 1 is 1.11 bits per heavy atom. The van der Waals surface area contributed by atoms with E-state index in [9.17, 15) is 9.59 Å². The summed E-state index contributed by atoms with van der Waals surface area (Å²) in [6.07, 6.45) is 1.80. The minimum atomic E-state index is -0.129. The summed E-state index contributed by atoms with van der Waals surface area (Å²) in [7, 11) is 0. The van der Waals surface area contributed by atoms with Gasteiger partial charge in [-0.1, -0.05) is 18.2 Å². The lowest BCUT2D eigenvalue weighted by Crippen LogP contribution is -2.25. The van der Waals surface area contributed by atoms with Crippen molar-refractivity contribution in [2.24, 2.45) is 0 Å². The number of nitrogens with zero attached hydrogens (tertiary/aromatic N) is 1. The minimum Gasteiger partial charge on any atom is -0.352 e. The molecular weight excluding hydrogens is 242 g/mol. The number of benzene rings is 1. The smallest absolute Gasteiger partial charge is 0.251 e. The van der Waals surface area contributed by atoms with Crippen LogP contribution in [0, 0.1) is 11.3 Å². The van der Waals surface area contributed by atoms with Gasteiger partial charge in [0.1, 0.15) is 6.54 Å². The second-order valence-corrected chi connectivity index (χ2v) is 4.01. The quantitative estimate of drug-likeness (QED) is 0.570. The fourth-order valence-electron chi connectivity index (χ4n) is 1.53. The lowest BCUT2D eigenvalue weighted by Gasteiger charge is -2.05. The zero-order valence-corrected chi connectivity index (χ0v) is 10.7. The van der Waals surface area contributed by atoms with Crippen LogP contribution in [0.3, 0.4) is 0 Å². The third kappa shape index (κ3) is 6.22. The van der Waals surface area contributed by atoms with E-state index >= 15 is 0 Å². The van der Waals surface area contributed by atoms with Gasteiger partial charge in [0.2, 0.25) is 5.91 Å². The van der Waals surface area contributed by atoms with Crippen LogP contribution in [0.4, 0.5) is 0 Å². The summed E-state index contributed by atoms with van der Waals surface area (Å²) >= 11 is 0. The molecule has 0 aliphatic rings. The second-order valence-electron chi connectivity index (χ2n) is 4.01. The molecule has 5 nitrogen and oxygen atoms in total. The van der Waals surface area contributed by atoms with Gasteiger partial charge in [-0.25, -0.2) is 0 Å². The van der Waals surface area contributed by atoms with E-state index in [1.165, 1.54) is 0 Å². The number of unbranched alkanes of at least 4 members (excludes halogenated alkanes) is 1. The molecule has 1 aromatic carbocycles. The Morgan fingerprint density at radius 2 is 1.84 bits per heavy atom. The van der Waals surface area contributed by atoms with Crippen molar-refractivity contribution in [3.05, 3.63) is 35.9 Å². The number of carbonyl (C=O) groups excluding carboxylic acids is 2. The monoisotopic (exact) mass is 259 g/mol. The first kappa shape index (κ1) is 14.7. The summed E-state index contributed by atoms with van der Waals surface area (Å²) in [4.78, 5) is 22.8. The third-order valence-corrected chi connectivity index (χ3v) is 2.52. The van der Waals surface area contributed by atoms with Gasteiger partial charge in [0, 0.05) is 18.5 Å². The van der Waals surface area contributed by atoms with Gasteiger partial charge < -0.3 is 10.6 Å². The number of nitriles is 1. The topological polar surface area (TPSA) is 82.0 Å². The van der Waals surface area contributed by atoms with Gasteiger partial charge in [-0.3, -0.25) is 9.59 Å². The predicted octanol–water partition coefficient (Wildman–Crippen LogP) is 1.23. The molecule has 0 aliphatic heterocycles. The van der Waals surface area contributed by atoms with Crippen molar-refractivity contribution in [1.29, 1.82) is 5.26 Å². The highest BCUT2D eigenvalue weighted by atomic mass is 16.2. The van der Waals surface area contributed by atoms with Gasteiger partial charge in [-0.2, -0.15) is 5.26 Å². The highest BCUT2D eigenvalue weighted by Gasteiger charge is 2.03. The normalized spacial score (nSPS) is 9.42. The molecule has 0 aromatic heterocycles. The molecule has 0 saturated carbocycles. The first-order valence-corrected chi connectivity index (χ1v) is 6.21. The highest BCUT2D eigenvalue weighted by molar-refractivity contribution is 5.94. The number of nitrogens with one attached hydrogen (secondary N) is 2. The largest absolute Gasteiger partial charge is 0.352 e. The van der Waals surface area contributed by atoms with Gasteiger partial charge >= 0.3 is 0 Å². The SMILES string of the molecule is N#CCNC(=O)CCCCNC(=O)c1ccccc1. The molecule has 0 radical (unpaired) electrons. The van der Waals surface area contributed by atoms with Crippen molar-refractivity contribution < 1.29 is 9.59 Å². The molecule has 0 aliphatic carbocycles. The zero-order chi connectivity index (χ0) is 13.9. The van der Waals surface area contributed by atoms with Crippen LogP contribution in [0.2, 0.25) is 0 Å². The zero-order valence-electron chi connectivity index (χ0n) is 10.7. The van der Waals surface area contributed by atoms with Crippen LogP contribution < -0.4 is 10.6 Å². The lowest BCUT2D eigenvalue weighted by molar-refractivity contribution is -0.120. The van der Waals surface area contributed by atoms with Gasteiger partial charge in [0.15, 0.2) is 0 Å². The Morgan fingerprint density at radius 3 is 2.53 bits per heavy atom. The molecule has 0 fully saturated rings. The Bertz CT molecular complexity index is 452. The Hall–Kier alpha value is -2.35. The van der Waals surface area contributed by atoms with E-state index in [0.717, 1.165) is 6.42 Å². The number of hydrogen-bond acceptors (Lipinski definition) is 3. The van der Waals surface area contributed by atoms with E-state index < -0.39 is 0 Å². The number of amides is 2. The molecular formula is C14H17N3O2. The lowest BCUT2D eigenvalue weighted by atomic mass is 10.2. The molecule has 0 heterocycles. The summed E-state index contributed by atoms with van der Waals surface area (Å²) in [5.74, 6) is -0.231. The van der Waals surface area contributed by atoms with Crippen LogP contribution in [-0.4, -0.2) is 24.9 Å². The van der Waals surface area contributed by atoms with Crippen LogP contribution in [0.25, 0.3) is 0 Å². The predicted molar refractivity (Wildman–Crippen MR) is 71.2 cm³/mol. The van der Waals surface area contributed by atoms with Crippen LogP contribution >= 0.6 is 0 Å². The van der Waals surface area contributed by atoms with E-state index in [0.29, 0.717) is 24.9 Å². The summed E-state index contributed by atoms with van der Waals surface area (Å²) in [6.45, 7) is 0.586. The molecule has 0 atom stereocenters. The Labute approximate surface area is 112 Å². The van der Waals surface area contributed by atoms with Gasteiger partial charge in [-0.15, -0.1) is 0 Å². The van der Waals surface area contributed by atoms with E-state index in [4.69, 9.17) is 5.26 Å². The van der Waals surface area contributed by atoms with Gasteiger partial charge in [-0.05, 0) is 25.0 Å². The third-order valence-electron chi connectivity index (χ3n) is 2.52. The average molecular weight is 259 g/mol. The molecule has 0 unspecified atom stereocenters. The molecule has 5 heteroatoms. The van der Waals surface area contributed by atoms with Gasteiger partial charge in [0.05, 0.1) is 6.07 Å². The number of hydrogen-bond donors (Lipinski definition) is 2. The van der Waals surface area contributed by atoms with Crippen LogP contribution in [0.15, 0.2) is 30.3 Å². The fraction of sp³-hybridized carbons (Fsp3) is 0.357. The van der Waals surface area contributed by atoms with Crippen LogP contribution in [0.5, 0.6) is 0 Å². The molecule has 100 valence electrons. The van der Waals surface area contributed by atoms with Crippen molar-refractivity contribution >= 4 is 11.8 Å². The van der Waals surface area contributed by atoms with Crippen LogP contribution in [-0.2, 0) is 4.79 Å². The standard InChI is InChI=1S/C14H17N3O2/c15-9-11-16-13(18)8-4-5-10-17-14(19)12-6-2-1-3-7-12/h1-3,6-7H,4-5,8,10-11H2,(H,16,18)(H,17,19). The van der Waals surface area contributed by atoms with E-state index in [1.54, 1.807) is 12.1 Å². The number of carbonyl (C=O) groups is 2. The van der Waals surface area contributed by atoms with Crippen molar-refractivity contribution in [2.45, 2.75) is 19.3 Å². The molecule has 2 amide bonds. The molecule has 19 heavy (non-hydrogen) atoms. The summed E-state index contributed by atoms with van der Waals surface area (Å²) in [5.41, 5.74) is 0.634. The molecule has 0 spiro atoms. The van der Waals surface area contributed by atoms with E-state index in [1.807, 2.05) is 24.3 Å². The maximum atomic E-state index is 11.7. The first-order valence-electron chi connectivity index (χ1n) is 6.21. The maximum Gasteiger partial charge on any atom is 0.251 e. The summed E-state index contributed by atoms with van der Waals surface area (Å²) in [6, 6.07) is 10.8. The van der Waals surface area contributed by atoms with E-state index in [-0.39, 0.29) is 18.4 Å². The molecule has 1 aromatic rings. The Balaban J connectivity index is 2.10. The van der Waals surface area contributed by atoms with Crippen molar-refractivity contribution in [3.8, 4) is 6.07 Å². The average Bonchev–Trinajstić information content (AvgIpc) is 2.45. The first-order chi connectivity index (χ1) is 9.24.